The molecule has 0 aliphatic carbocycles. The van der Waals surface area contributed by atoms with Crippen molar-refractivity contribution >= 4 is 6.03 Å². The van der Waals surface area contributed by atoms with E-state index < -0.39 is 0 Å². The van der Waals surface area contributed by atoms with Crippen LogP contribution in [0, 0.1) is 0 Å². The Morgan fingerprint density at radius 1 is 0.857 bits per heavy atom. The SMILES string of the molecule is CC(C)(C)N1NC(c2ccccc2)NN(C(C)(C)C)C1=O. The van der Waals surface area contributed by atoms with Gasteiger partial charge in [0.05, 0.1) is 11.1 Å². The lowest BCUT2D eigenvalue weighted by molar-refractivity contribution is -0.0414. The minimum Gasteiger partial charge on any atom is -0.251 e. The molecule has 21 heavy (non-hydrogen) atoms. The molecular weight excluding hydrogens is 264 g/mol. The molecule has 0 spiro atoms. The first-order valence-corrected chi connectivity index (χ1v) is 7.32. The molecule has 1 aromatic rings. The number of carbonyl (C=O) groups is 1. The molecule has 1 saturated heterocycles. The zero-order chi connectivity index (χ0) is 15.8. The largest absolute Gasteiger partial charge is 0.349 e. The van der Waals surface area contributed by atoms with Crippen LogP contribution in [0.15, 0.2) is 30.3 Å². The van der Waals surface area contributed by atoms with Crippen LogP contribution in [0.25, 0.3) is 0 Å². The van der Waals surface area contributed by atoms with Gasteiger partial charge in [-0.05, 0) is 47.1 Å². The van der Waals surface area contributed by atoms with Gasteiger partial charge >= 0.3 is 6.03 Å². The summed E-state index contributed by atoms with van der Waals surface area (Å²) >= 11 is 0. The zero-order valence-corrected chi connectivity index (χ0v) is 13.8. The highest BCUT2D eigenvalue weighted by molar-refractivity contribution is 5.75. The number of nitrogens with one attached hydrogen (secondary N) is 2. The van der Waals surface area contributed by atoms with E-state index in [9.17, 15) is 4.79 Å². The van der Waals surface area contributed by atoms with Gasteiger partial charge < -0.3 is 0 Å². The first kappa shape index (κ1) is 15.8. The van der Waals surface area contributed by atoms with E-state index in [0.29, 0.717) is 0 Å². The fourth-order valence-corrected chi connectivity index (χ4v) is 2.25. The van der Waals surface area contributed by atoms with E-state index in [-0.39, 0.29) is 23.3 Å². The first-order valence-electron chi connectivity index (χ1n) is 7.32. The number of hydrazine groups is 2. The van der Waals surface area contributed by atoms with E-state index in [1.165, 1.54) is 0 Å². The lowest BCUT2D eigenvalue weighted by atomic mass is 10.1. The van der Waals surface area contributed by atoms with Gasteiger partial charge in [-0.3, -0.25) is 10.0 Å². The van der Waals surface area contributed by atoms with Gasteiger partial charge in [-0.15, -0.1) is 0 Å². The Kier molecular flexibility index (Phi) is 4.00. The summed E-state index contributed by atoms with van der Waals surface area (Å²) in [5, 5.41) is 3.40. The molecule has 2 amide bonds. The van der Waals surface area contributed by atoms with Crippen LogP contribution in [-0.2, 0) is 0 Å². The number of nitrogens with zero attached hydrogens (tertiary/aromatic N) is 2. The first-order chi connectivity index (χ1) is 9.60. The van der Waals surface area contributed by atoms with Crippen LogP contribution < -0.4 is 10.9 Å². The van der Waals surface area contributed by atoms with Crippen molar-refractivity contribution in [2.45, 2.75) is 58.8 Å². The van der Waals surface area contributed by atoms with Gasteiger partial charge in [-0.1, -0.05) is 30.3 Å². The molecule has 0 radical (unpaired) electrons. The van der Waals surface area contributed by atoms with Crippen molar-refractivity contribution in [2.75, 3.05) is 0 Å². The molecule has 0 saturated carbocycles. The minimum atomic E-state index is -0.310. The summed E-state index contributed by atoms with van der Waals surface area (Å²) in [6, 6.07) is 10.0. The summed E-state index contributed by atoms with van der Waals surface area (Å²) in [7, 11) is 0. The Morgan fingerprint density at radius 3 is 1.67 bits per heavy atom. The smallest absolute Gasteiger partial charge is 0.251 e. The maximum Gasteiger partial charge on any atom is 0.349 e. The van der Waals surface area contributed by atoms with Crippen molar-refractivity contribution in [3.63, 3.8) is 0 Å². The highest BCUT2D eigenvalue weighted by atomic mass is 16.2. The molecule has 116 valence electrons. The van der Waals surface area contributed by atoms with Crippen LogP contribution in [0.1, 0.15) is 53.3 Å². The molecule has 5 nitrogen and oxygen atoms in total. The number of urea groups is 1. The van der Waals surface area contributed by atoms with Crippen LogP contribution in [0.4, 0.5) is 4.79 Å². The number of carbonyl (C=O) groups excluding carboxylic acids is 1. The number of rotatable bonds is 1. The minimum absolute atomic E-state index is 0.0674. The van der Waals surface area contributed by atoms with Gasteiger partial charge in [-0.25, -0.2) is 15.6 Å². The summed E-state index contributed by atoms with van der Waals surface area (Å²) in [4.78, 5) is 12.7. The maximum absolute atomic E-state index is 12.7. The zero-order valence-electron chi connectivity index (χ0n) is 13.8. The number of hydrogen-bond donors (Lipinski definition) is 2. The summed E-state index contributed by atoms with van der Waals surface area (Å²) in [6.07, 6.45) is -0.137. The molecule has 2 N–H and O–H groups in total. The Labute approximate surface area is 127 Å². The topological polar surface area (TPSA) is 47.6 Å². The quantitative estimate of drug-likeness (QED) is 0.836. The molecule has 1 heterocycles. The predicted molar refractivity (Wildman–Crippen MR) is 84.0 cm³/mol. The van der Waals surface area contributed by atoms with Crippen molar-refractivity contribution < 1.29 is 4.79 Å². The molecule has 0 atom stereocenters. The Balaban J connectivity index is 2.36. The second kappa shape index (κ2) is 5.31. The van der Waals surface area contributed by atoms with Crippen LogP contribution in [0.2, 0.25) is 0 Å². The normalized spacial score (nSPS) is 18.3. The Bertz CT molecular complexity index is 475. The van der Waals surface area contributed by atoms with Crippen LogP contribution in [0.3, 0.4) is 0 Å². The van der Waals surface area contributed by atoms with E-state index >= 15 is 0 Å². The van der Waals surface area contributed by atoms with Gasteiger partial charge in [0.15, 0.2) is 0 Å². The fourth-order valence-electron chi connectivity index (χ4n) is 2.25. The third kappa shape index (κ3) is 3.36. The van der Waals surface area contributed by atoms with Crippen molar-refractivity contribution in [3.05, 3.63) is 35.9 Å². The molecule has 2 rings (SSSR count). The molecule has 0 bridgehead atoms. The summed E-state index contributed by atoms with van der Waals surface area (Å²) < 4.78 is 0. The lowest BCUT2D eigenvalue weighted by Crippen LogP contribution is -2.72. The molecule has 5 heteroatoms. The van der Waals surface area contributed by atoms with Crippen molar-refractivity contribution in [1.82, 2.24) is 20.9 Å². The highest BCUT2D eigenvalue weighted by Gasteiger charge is 2.41. The van der Waals surface area contributed by atoms with Crippen LogP contribution >= 0.6 is 0 Å². The molecule has 1 aromatic carbocycles. The predicted octanol–water partition coefficient (Wildman–Crippen LogP) is 3.03. The standard InChI is InChI=1S/C16H26N4O/c1-15(2,3)19-14(21)20(16(4,5)6)18-13(17-19)12-10-8-7-9-11-12/h7-11,13,17-18H,1-6H3. The number of hydrogen-bond acceptors (Lipinski definition) is 3. The Hall–Kier alpha value is -1.59. The molecule has 1 aliphatic heterocycles. The third-order valence-corrected chi connectivity index (χ3v) is 3.37. The van der Waals surface area contributed by atoms with Gasteiger partial charge in [0.1, 0.15) is 6.17 Å². The summed E-state index contributed by atoms with van der Waals surface area (Å²) in [6.45, 7) is 12.1. The summed E-state index contributed by atoms with van der Waals surface area (Å²) in [5.41, 5.74) is 7.06. The number of benzene rings is 1. The molecule has 0 aromatic heterocycles. The average molecular weight is 290 g/mol. The number of amides is 2. The lowest BCUT2D eigenvalue weighted by Gasteiger charge is -2.50. The van der Waals surface area contributed by atoms with Gasteiger partial charge in [-0.2, -0.15) is 0 Å². The second-order valence-electron chi connectivity index (χ2n) is 7.40. The fraction of sp³-hybridized carbons (Fsp3) is 0.562. The van der Waals surface area contributed by atoms with Crippen molar-refractivity contribution in [3.8, 4) is 0 Å². The van der Waals surface area contributed by atoms with E-state index in [1.54, 1.807) is 10.0 Å². The molecule has 0 unspecified atom stereocenters. The highest BCUT2D eigenvalue weighted by Crippen LogP contribution is 2.26. The molecule has 1 fully saturated rings. The van der Waals surface area contributed by atoms with Gasteiger partial charge in [0, 0.05) is 0 Å². The monoisotopic (exact) mass is 290 g/mol. The second-order valence-corrected chi connectivity index (χ2v) is 7.40. The van der Waals surface area contributed by atoms with Gasteiger partial charge in [0.2, 0.25) is 0 Å². The van der Waals surface area contributed by atoms with E-state index in [0.717, 1.165) is 5.56 Å². The summed E-state index contributed by atoms with van der Waals surface area (Å²) in [5.74, 6) is 0. The molecule has 1 aliphatic rings. The third-order valence-electron chi connectivity index (χ3n) is 3.37. The van der Waals surface area contributed by atoms with Crippen LogP contribution in [0.5, 0.6) is 0 Å². The molecular formula is C16H26N4O. The van der Waals surface area contributed by atoms with Crippen LogP contribution in [-0.4, -0.2) is 27.1 Å². The maximum atomic E-state index is 12.7. The Morgan fingerprint density at radius 2 is 1.29 bits per heavy atom. The van der Waals surface area contributed by atoms with Crippen molar-refractivity contribution in [1.29, 1.82) is 0 Å². The van der Waals surface area contributed by atoms with Crippen molar-refractivity contribution in [2.24, 2.45) is 0 Å². The average Bonchev–Trinajstić information content (AvgIpc) is 2.37. The van der Waals surface area contributed by atoms with E-state index in [2.05, 4.69) is 10.9 Å². The van der Waals surface area contributed by atoms with Gasteiger partial charge in [0.25, 0.3) is 0 Å². The van der Waals surface area contributed by atoms with E-state index in [1.807, 2.05) is 71.9 Å². The van der Waals surface area contributed by atoms with E-state index in [4.69, 9.17) is 0 Å².